The van der Waals surface area contributed by atoms with Crippen molar-refractivity contribution in [2.75, 3.05) is 13.2 Å². The van der Waals surface area contributed by atoms with Crippen molar-refractivity contribution in [2.45, 2.75) is 24.4 Å². The highest BCUT2D eigenvalue weighted by Crippen LogP contribution is 2.44. The molecule has 1 aliphatic rings. The average molecular weight is 457 g/mol. The molecule has 0 saturated heterocycles. The van der Waals surface area contributed by atoms with E-state index in [0.717, 1.165) is 27.8 Å². The van der Waals surface area contributed by atoms with Crippen LogP contribution >= 0.6 is 0 Å². The second kappa shape index (κ2) is 10.8. The Labute approximate surface area is 199 Å². The quantitative estimate of drug-likeness (QED) is 0.419. The van der Waals surface area contributed by atoms with Gasteiger partial charge >= 0.3 is 6.09 Å². The zero-order valence-electron chi connectivity index (χ0n) is 18.8. The molecule has 3 N–H and O–H groups in total. The van der Waals surface area contributed by atoms with Crippen molar-refractivity contribution in [1.82, 2.24) is 10.6 Å². The van der Waals surface area contributed by atoms with Gasteiger partial charge in [0.2, 0.25) is 5.91 Å². The van der Waals surface area contributed by atoms with Crippen molar-refractivity contribution >= 4 is 12.0 Å². The standard InChI is InChI=1S/C28H28N2O4/c1-2-10-25(27(32)29-26(17-31)19-11-4-3-5-12-19)30-28(33)34-18-24-22-15-8-6-13-20(22)21-14-7-9-16-23(21)24/h2-9,11-16,24-26,31H,1,10,17-18H2,(H,29,32)(H,30,33)/t25-,26+/m1/s1. The fraction of sp³-hybridized carbons (Fsp3) is 0.214. The van der Waals surface area contributed by atoms with E-state index in [1.165, 1.54) is 0 Å². The maximum absolute atomic E-state index is 12.9. The zero-order chi connectivity index (χ0) is 23.9. The van der Waals surface area contributed by atoms with Gasteiger partial charge in [-0.3, -0.25) is 4.79 Å². The Hall–Kier alpha value is -3.90. The molecule has 1 aliphatic carbocycles. The van der Waals surface area contributed by atoms with Gasteiger partial charge in [-0.05, 0) is 34.2 Å². The van der Waals surface area contributed by atoms with Gasteiger partial charge in [0.1, 0.15) is 12.6 Å². The Morgan fingerprint density at radius 3 is 2.09 bits per heavy atom. The lowest BCUT2D eigenvalue weighted by molar-refractivity contribution is -0.124. The third kappa shape index (κ3) is 5.02. The fourth-order valence-electron chi connectivity index (χ4n) is 4.37. The molecule has 3 aromatic carbocycles. The van der Waals surface area contributed by atoms with Crippen molar-refractivity contribution < 1.29 is 19.4 Å². The Balaban J connectivity index is 1.40. The smallest absolute Gasteiger partial charge is 0.407 e. The number of ether oxygens (including phenoxy) is 1. The van der Waals surface area contributed by atoms with Crippen LogP contribution in [0.4, 0.5) is 4.79 Å². The van der Waals surface area contributed by atoms with Crippen LogP contribution in [-0.4, -0.2) is 36.4 Å². The van der Waals surface area contributed by atoms with Crippen LogP contribution in [0.25, 0.3) is 11.1 Å². The summed E-state index contributed by atoms with van der Waals surface area (Å²) < 4.78 is 5.57. The van der Waals surface area contributed by atoms with Gasteiger partial charge in [0.05, 0.1) is 12.6 Å². The molecule has 2 atom stereocenters. The molecule has 0 saturated carbocycles. The van der Waals surface area contributed by atoms with Crippen LogP contribution in [0.2, 0.25) is 0 Å². The number of benzene rings is 3. The highest BCUT2D eigenvalue weighted by Gasteiger charge is 2.30. The molecular weight excluding hydrogens is 428 g/mol. The summed E-state index contributed by atoms with van der Waals surface area (Å²) >= 11 is 0. The summed E-state index contributed by atoms with van der Waals surface area (Å²) in [5.74, 6) is -0.488. The van der Waals surface area contributed by atoms with Crippen LogP contribution in [0.1, 0.15) is 35.1 Å². The monoisotopic (exact) mass is 456 g/mol. The van der Waals surface area contributed by atoms with Crippen LogP contribution in [0, 0.1) is 0 Å². The Kier molecular flexibility index (Phi) is 7.40. The summed E-state index contributed by atoms with van der Waals surface area (Å²) in [6.07, 6.45) is 1.11. The molecule has 4 rings (SSSR count). The average Bonchev–Trinajstić information content (AvgIpc) is 3.20. The summed E-state index contributed by atoms with van der Waals surface area (Å²) in [4.78, 5) is 25.5. The van der Waals surface area contributed by atoms with Gasteiger partial charge in [-0.2, -0.15) is 0 Å². The lowest BCUT2D eigenvalue weighted by atomic mass is 9.98. The minimum atomic E-state index is -0.870. The number of amides is 2. The van der Waals surface area contributed by atoms with E-state index in [2.05, 4.69) is 29.3 Å². The first-order valence-corrected chi connectivity index (χ1v) is 11.3. The van der Waals surface area contributed by atoms with E-state index in [9.17, 15) is 14.7 Å². The predicted octanol–water partition coefficient (Wildman–Crippen LogP) is 4.32. The van der Waals surface area contributed by atoms with Gasteiger partial charge in [0.15, 0.2) is 0 Å². The number of fused-ring (bicyclic) bond motifs is 3. The Bertz CT molecular complexity index is 1120. The molecule has 0 unspecified atom stereocenters. The van der Waals surface area contributed by atoms with E-state index in [4.69, 9.17) is 4.74 Å². The van der Waals surface area contributed by atoms with Crippen molar-refractivity contribution in [3.63, 3.8) is 0 Å². The highest BCUT2D eigenvalue weighted by molar-refractivity contribution is 5.86. The lowest BCUT2D eigenvalue weighted by Gasteiger charge is -2.22. The van der Waals surface area contributed by atoms with E-state index in [0.29, 0.717) is 0 Å². The molecular formula is C28H28N2O4. The molecule has 6 heteroatoms. The van der Waals surface area contributed by atoms with E-state index in [-0.39, 0.29) is 25.6 Å². The molecule has 34 heavy (non-hydrogen) atoms. The van der Waals surface area contributed by atoms with Crippen LogP contribution < -0.4 is 10.6 Å². The van der Waals surface area contributed by atoms with Gasteiger partial charge in [-0.25, -0.2) is 4.79 Å². The lowest BCUT2D eigenvalue weighted by Crippen LogP contribution is -2.48. The summed E-state index contributed by atoms with van der Waals surface area (Å²) in [6.45, 7) is 3.58. The Morgan fingerprint density at radius 2 is 1.50 bits per heavy atom. The van der Waals surface area contributed by atoms with Crippen LogP contribution in [0.3, 0.4) is 0 Å². The first kappa shape index (κ1) is 23.3. The van der Waals surface area contributed by atoms with Gasteiger partial charge in [-0.1, -0.05) is 84.9 Å². The normalized spacial score (nSPS) is 13.8. The molecule has 3 aromatic rings. The minimum absolute atomic E-state index is 0.0679. The van der Waals surface area contributed by atoms with E-state index in [1.807, 2.05) is 66.7 Å². The number of rotatable bonds is 9. The maximum Gasteiger partial charge on any atom is 0.407 e. The SMILES string of the molecule is C=CC[C@@H](NC(=O)OCC1c2ccccc2-c2ccccc21)C(=O)N[C@@H](CO)c1ccccc1. The van der Waals surface area contributed by atoms with Crippen molar-refractivity contribution in [2.24, 2.45) is 0 Å². The third-order valence-corrected chi connectivity index (χ3v) is 6.06. The fourth-order valence-corrected chi connectivity index (χ4v) is 4.37. The topological polar surface area (TPSA) is 87.7 Å². The summed E-state index contributed by atoms with van der Waals surface area (Å²) in [5.41, 5.74) is 5.30. The summed E-state index contributed by atoms with van der Waals surface area (Å²) in [5, 5.41) is 15.2. The molecule has 0 fully saturated rings. The number of aliphatic hydroxyl groups excluding tert-OH is 1. The van der Waals surface area contributed by atoms with Crippen molar-refractivity contribution in [3.05, 3.63) is 108 Å². The van der Waals surface area contributed by atoms with Crippen LogP contribution in [-0.2, 0) is 9.53 Å². The van der Waals surface area contributed by atoms with Gasteiger partial charge < -0.3 is 20.5 Å². The molecule has 0 spiro atoms. The van der Waals surface area contributed by atoms with Gasteiger partial charge in [0.25, 0.3) is 0 Å². The highest BCUT2D eigenvalue weighted by atomic mass is 16.5. The molecule has 0 aliphatic heterocycles. The second-order valence-electron chi connectivity index (χ2n) is 8.20. The number of nitrogens with one attached hydrogen (secondary N) is 2. The van der Waals surface area contributed by atoms with E-state index in [1.54, 1.807) is 6.08 Å². The number of carbonyl (C=O) groups is 2. The second-order valence-corrected chi connectivity index (χ2v) is 8.20. The molecule has 0 radical (unpaired) electrons. The van der Waals surface area contributed by atoms with Crippen molar-refractivity contribution in [1.29, 1.82) is 0 Å². The summed E-state index contributed by atoms with van der Waals surface area (Å²) in [6, 6.07) is 23.9. The number of carbonyl (C=O) groups excluding carboxylic acids is 2. The first-order valence-electron chi connectivity index (χ1n) is 11.3. The first-order chi connectivity index (χ1) is 16.6. The molecule has 0 aromatic heterocycles. The largest absolute Gasteiger partial charge is 0.449 e. The maximum atomic E-state index is 12.9. The molecule has 174 valence electrons. The van der Waals surface area contributed by atoms with Crippen LogP contribution in [0.15, 0.2) is 91.5 Å². The molecule has 6 nitrogen and oxygen atoms in total. The number of aliphatic hydroxyl groups is 1. The number of alkyl carbamates (subject to hydrolysis) is 1. The zero-order valence-corrected chi connectivity index (χ0v) is 18.8. The third-order valence-electron chi connectivity index (χ3n) is 6.06. The molecule has 0 heterocycles. The van der Waals surface area contributed by atoms with Gasteiger partial charge in [-0.15, -0.1) is 6.58 Å². The number of hydrogen-bond acceptors (Lipinski definition) is 4. The van der Waals surface area contributed by atoms with E-state index < -0.39 is 24.1 Å². The van der Waals surface area contributed by atoms with E-state index >= 15 is 0 Å². The summed E-state index contributed by atoms with van der Waals surface area (Å²) in [7, 11) is 0. The minimum Gasteiger partial charge on any atom is -0.449 e. The van der Waals surface area contributed by atoms with Gasteiger partial charge in [0, 0.05) is 5.92 Å². The van der Waals surface area contributed by atoms with Crippen LogP contribution in [0.5, 0.6) is 0 Å². The van der Waals surface area contributed by atoms with Crippen molar-refractivity contribution in [3.8, 4) is 11.1 Å². The number of hydrogen-bond donors (Lipinski definition) is 3. The molecule has 2 amide bonds. The predicted molar refractivity (Wildman–Crippen MR) is 131 cm³/mol. The molecule has 0 bridgehead atoms. The Morgan fingerprint density at radius 1 is 0.912 bits per heavy atom.